The van der Waals surface area contributed by atoms with E-state index in [-0.39, 0.29) is 11.2 Å². The zero-order valence-corrected chi connectivity index (χ0v) is 9.94. The number of carbonyl (C=O) groups is 1. The number of aromatic nitrogens is 3. The average molecular weight is 227 g/mol. The first-order chi connectivity index (χ1) is 7.22. The molecule has 1 rings (SSSR count). The molecular formula is C9H17N5O2. The van der Waals surface area contributed by atoms with Crippen molar-refractivity contribution in [1.82, 2.24) is 19.8 Å². The fraction of sp³-hybridized carbons (Fsp3) is 0.667. The normalized spacial score (nSPS) is 11.5. The monoisotopic (exact) mass is 227 g/mol. The minimum Gasteiger partial charge on any atom is -0.336 e. The van der Waals surface area contributed by atoms with Crippen molar-refractivity contribution in [1.29, 1.82) is 0 Å². The molecule has 0 saturated carbocycles. The van der Waals surface area contributed by atoms with Crippen molar-refractivity contribution in [2.24, 2.45) is 5.41 Å². The molecule has 1 aromatic heterocycles. The van der Waals surface area contributed by atoms with Crippen LogP contribution in [0.2, 0.25) is 0 Å². The van der Waals surface area contributed by atoms with Gasteiger partial charge in [0.15, 0.2) is 5.82 Å². The van der Waals surface area contributed by atoms with Crippen LogP contribution in [0.15, 0.2) is 4.79 Å². The lowest BCUT2D eigenvalue weighted by molar-refractivity contribution is 0.233. The molecule has 1 amide bonds. The minimum absolute atomic E-state index is 0.0560. The SMILES string of the molecule is Cc1nn(C(=O)NCC(C)(C)C)c(=O)n1N. The molecule has 0 aliphatic rings. The van der Waals surface area contributed by atoms with Gasteiger partial charge < -0.3 is 11.2 Å². The second-order valence-corrected chi connectivity index (χ2v) is 4.83. The van der Waals surface area contributed by atoms with Crippen molar-refractivity contribution in [2.75, 3.05) is 12.4 Å². The Morgan fingerprint density at radius 1 is 1.50 bits per heavy atom. The van der Waals surface area contributed by atoms with Crippen LogP contribution in [0.4, 0.5) is 4.79 Å². The molecule has 0 aromatic carbocycles. The van der Waals surface area contributed by atoms with Crippen LogP contribution in [0, 0.1) is 12.3 Å². The maximum atomic E-state index is 11.6. The van der Waals surface area contributed by atoms with Crippen LogP contribution in [-0.2, 0) is 0 Å². The summed E-state index contributed by atoms with van der Waals surface area (Å²) in [5, 5.41) is 6.35. The van der Waals surface area contributed by atoms with Gasteiger partial charge in [-0.1, -0.05) is 20.8 Å². The molecule has 1 aromatic rings. The minimum atomic E-state index is -0.649. The molecule has 90 valence electrons. The van der Waals surface area contributed by atoms with Crippen LogP contribution < -0.4 is 16.8 Å². The van der Waals surface area contributed by atoms with Crippen LogP contribution in [0.25, 0.3) is 0 Å². The molecular weight excluding hydrogens is 210 g/mol. The summed E-state index contributed by atoms with van der Waals surface area (Å²) >= 11 is 0. The molecule has 0 aliphatic carbocycles. The second kappa shape index (κ2) is 3.99. The largest absolute Gasteiger partial charge is 0.373 e. The third-order valence-electron chi connectivity index (χ3n) is 1.94. The molecule has 0 spiro atoms. The Hall–Kier alpha value is -1.79. The summed E-state index contributed by atoms with van der Waals surface area (Å²) in [7, 11) is 0. The van der Waals surface area contributed by atoms with Gasteiger partial charge in [0.05, 0.1) is 0 Å². The molecule has 0 unspecified atom stereocenters. The maximum absolute atomic E-state index is 11.6. The molecule has 1 heterocycles. The van der Waals surface area contributed by atoms with Crippen molar-refractivity contribution < 1.29 is 4.79 Å². The number of nitrogens with two attached hydrogens (primary N) is 1. The molecule has 7 heteroatoms. The summed E-state index contributed by atoms with van der Waals surface area (Å²) in [4.78, 5) is 23.0. The average Bonchev–Trinajstić information content (AvgIpc) is 2.41. The lowest BCUT2D eigenvalue weighted by Gasteiger charge is -2.17. The van der Waals surface area contributed by atoms with Crippen LogP contribution >= 0.6 is 0 Å². The highest BCUT2D eigenvalue weighted by Gasteiger charge is 2.17. The topological polar surface area (TPSA) is 94.9 Å². The first-order valence-corrected chi connectivity index (χ1v) is 4.94. The molecule has 0 fully saturated rings. The van der Waals surface area contributed by atoms with Crippen LogP contribution in [0.5, 0.6) is 0 Å². The molecule has 0 radical (unpaired) electrons. The Labute approximate surface area is 93.2 Å². The van der Waals surface area contributed by atoms with E-state index in [4.69, 9.17) is 5.84 Å². The van der Waals surface area contributed by atoms with Crippen molar-refractivity contribution in [3.05, 3.63) is 16.3 Å². The number of rotatable bonds is 1. The molecule has 0 aliphatic heterocycles. The standard InChI is InChI=1S/C9H17N5O2/c1-6-12-14(8(16)13(6)10)7(15)11-5-9(2,3)4/h5,10H2,1-4H3,(H,11,15). The number of hydrogen-bond acceptors (Lipinski definition) is 4. The summed E-state index contributed by atoms with van der Waals surface area (Å²) in [5.74, 6) is 5.65. The van der Waals surface area contributed by atoms with Crippen molar-refractivity contribution >= 4 is 6.03 Å². The zero-order chi connectivity index (χ0) is 12.5. The Balaban J connectivity index is 2.82. The van der Waals surface area contributed by atoms with Gasteiger partial charge in [-0.3, -0.25) is 0 Å². The highest BCUT2D eigenvalue weighted by atomic mass is 16.2. The third-order valence-corrected chi connectivity index (χ3v) is 1.94. The molecule has 0 atom stereocenters. The van der Waals surface area contributed by atoms with E-state index in [2.05, 4.69) is 10.4 Å². The van der Waals surface area contributed by atoms with E-state index in [9.17, 15) is 9.59 Å². The first-order valence-electron chi connectivity index (χ1n) is 4.94. The fourth-order valence-electron chi connectivity index (χ4n) is 1.02. The predicted octanol–water partition coefficient (Wildman–Crippen LogP) is -0.329. The summed E-state index contributed by atoms with van der Waals surface area (Å²) in [6.45, 7) is 7.93. The van der Waals surface area contributed by atoms with Gasteiger partial charge in [0.1, 0.15) is 0 Å². The van der Waals surface area contributed by atoms with Gasteiger partial charge in [0.2, 0.25) is 0 Å². The Morgan fingerprint density at radius 3 is 2.44 bits per heavy atom. The zero-order valence-electron chi connectivity index (χ0n) is 9.94. The van der Waals surface area contributed by atoms with Crippen molar-refractivity contribution in [2.45, 2.75) is 27.7 Å². The highest BCUT2D eigenvalue weighted by molar-refractivity contribution is 5.75. The van der Waals surface area contributed by atoms with E-state index in [0.717, 1.165) is 9.36 Å². The lowest BCUT2D eigenvalue weighted by Crippen LogP contribution is -2.42. The first kappa shape index (κ1) is 12.3. The number of hydrogen-bond donors (Lipinski definition) is 2. The highest BCUT2D eigenvalue weighted by Crippen LogP contribution is 2.09. The third kappa shape index (κ3) is 2.62. The fourth-order valence-corrected chi connectivity index (χ4v) is 1.02. The van der Waals surface area contributed by atoms with Gasteiger partial charge >= 0.3 is 11.7 Å². The Kier molecular flexibility index (Phi) is 3.06. The van der Waals surface area contributed by atoms with E-state index in [1.54, 1.807) is 6.92 Å². The van der Waals surface area contributed by atoms with Gasteiger partial charge in [-0.15, -0.1) is 9.78 Å². The maximum Gasteiger partial charge on any atom is 0.373 e. The molecule has 16 heavy (non-hydrogen) atoms. The number of nitrogen functional groups attached to an aromatic ring is 1. The molecule has 0 bridgehead atoms. The smallest absolute Gasteiger partial charge is 0.336 e. The summed E-state index contributed by atoms with van der Waals surface area (Å²) in [6, 6.07) is -0.563. The van der Waals surface area contributed by atoms with Gasteiger partial charge in [0.25, 0.3) is 0 Å². The van der Waals surface area contributed by atoms with Crippen LogP contribution in [0.3, 0.4) is 0 Å². The number of carbonyl (C=O) groups excluding carboxylic acids is 1. The van der Waals surface area contributed by atoms with E-state index in [0.29, 0.717) is 6.54 Å². The van der Waals surface area contributed by atoms with Gasteiger partial charge in [-0.05, 0) is 12.3 Å². The predicted molar refractivity (Wildman–Crippen MR) is 59.6 cm³/mol. The Bertz CT molecular complexity index is 451. The van der Waals surface area contributed by atoms with Gasteiger partial charge in [0, 0.05) is 6.54 Å². The summed E-state index contributed by atoms with van der Waals surface area (Å²) < 4.78 is 1.55. The molecule has 7 nitrogen and oxygen atoms in total. The summed E-state index contributed by atoms with van der Waals surface area (Å²) in [5.41, 5.74) is -0.705. The van der Waals surface area contributed by atoms with E-state index in [1.807, 2.05) is 20.8 Å². The van der Waals surface area contributed by atoms with E-state index >= 15 is 0 Å². The molecule has 0 saturated heterocycles. The quantitative estimate of drug-likeness (QED) is 0.642. The molecule has 3 N–H and O–H groups in total. The van der Waals surface area contributed by atoms with E-state index < -0.39 is 11.7 Å². The van der Waals surface area contributed by atoms with Crippen molar-refractivity contribution in [3.8, 4) is 0 Å². The van der Waals surface area contributed by atoms with Crippen LogP contribution in [0.1, 0.15) is 26.6 Å². The van der Waals surface area contributed by atoms with Gasteiger partial charge in [-0.25, -0.2) is 9.59 Å². The number of nitrogens with one attached hydrogen (secondary N) is 1. The van der Waals surface area contributed by atoms with Crippen molar-refractivity contribution in [3.63, 3.8) is 0 Å². The van der Waals surface area contributed by atoms with Gasteiger partial charge in [-0.2, -0.15) is 4.68 Å². The summed E-state index contributed by atoms with van der Waals surface area (Å²) in [6.07, 6.45) is 0. The lowest BCUT2D eigenvalue weighted by atomic mass is 9.97. The second-order valence-electron chi connectivity index (χ2n) is 4.83. The van der Waals surface area contributed by atoms with E-state index in [1.165, 1.54) is 0 Å². The number of amides is 1. The Morgan fingerprint density at radius 2 is 2.06 bits per heavy atom. The number of aryl methyl sites for hydroxylation is 1. The van der Waals surface area contributed by atoms with Crippen LogP contribution in [-0.4, -0.2) is 27.0 Å². The number of nitrogens with zero attached hydrogens (tertiary/aromatic N) is 3.